The van der Waals surface area contributed by atoms with Gasteiger partial charge in [0.15, 0.2) is 0 Å². The molecule has 0 heterocycles. The standard InChI is InChI=1S/C9H17NO2S/c11-9(7-13)10-5-6-12-8-3-1-2-4-8/h8,13H,1-7H2,(H,10,11). The Labute approximate surface area is 84.6 Å². The highest BCUT2D eigenvalue weighted by atomic mass is 32.1. The van der Waals surface area contributed by atoms with Crippen molar-refractivity contribution in [3.63, 3.8) is 0 Å². The van der Waals surface area contributed by atoms with E-state index < -0.39 is 0 Å². The largest absolute Gasteiger partial charge is 0.376 e. The maximum Gasteiger partial charge on any atom is 0.229 e. The van der Waals surface area contributed by atoms with E-state index in [0.29, 0.717) is 19.3 Å². The fourth-order valence-corrected chi connectivity index (χ4v) is 1.64. The molecule has 1 rings (SSSR count). The first-order valence-electron chi connectivity index (χ1n) is 4.82. The lowest BCUT2D eigenvalue weighted by Crippen LogP contribution is -2.29. The maximum atomic E-state index is 10.8. The van der Waals surface area contributed by atoms with E-state index in [9.17, 15) is 4.79 Å². The minimum absolute atomic E-state index is 0.0293. The Bertz CT molecular complexity index is 158. The number of ether oxygens (including phenoxy) is 1. The van der Waals surface area contributed by atoms with Crippen LogP contribution in [0.1, 0.15) is 25.7 Å². The molecule has 1 saturated carbocycles. The van der Waals surface area contributed by atoms with Crippen LogP contribution in [0.25, 0.3) is 0 Å². The average molecular weight is 203 g/mol. The molecular weight excluding hydrogens is 186 g/mol. The molecule has 0 atom stereocenters. The number of hydrogen-bond donors (Lipinski definition) is 2. The van der Waals surface area contributed by atoms with Gasteiger partial charge in [-0.15, -0.1) is 0 Å². The second kappa shape index (κ2) is 6.27. The summed E-state index contributed by atoms with van der Waals surface area (Å²) >= 11 is 3.85. The molecule has 0 aromatic rings. The summed E-state index contributed by atoms with van der Waals surface area (Å²) in [6.45, 7) is 1.24. The van der Waals surface area contributed by atoms with Gasteiger partial charge >= 0.3 is 0 Å². The van der Waals surface area contributed by atoms with Crippen LogP contribution < -0.4 is 5.32 Å². The van der Waals surface area contributed by atoms with Crippen LogP contribution in [0.15, 0.2) is 0 Å². The average Bonchev–Trinajstić information content (AvgIpc) is 2.64. The highest BCUT2D eigenvalue weighted by molar-refractivity contribution is 7.81. The SMILES string of the molecule is O=C(CS)NCCOC1CCCC1. The van der Waals surface area contributed by atoms with Crippen molar-refractivity contribution in [3.05, 3.63) is 0 Å². The Morgan fingerprint density at radius 3 is 2.77 bits per heavy atom. The molecule has 4 heteroatoms. The third-order valence-electron chi connectivity index (χ3n) is 2.22. The van der Waals surface area contributed by atoms with Crippen molar-refractivity contribution in [1.82, 2.24) is 5.32 Å². The minimum Gasteiger partial charge on any atom is -0.376 e. The Hall–Kier alpha value is -0.220. The molecular formula is C9H17NO2S. The summed E-state index contributed by atoms with van der Waals surface area (Å²) in [6, 6.07) is 0. The lowest BCUT2D eigenvalue weighted by atomic mass is 10.3. The zero-order valence-corrected chi connectivity index (χ0v) is 8.69. The molecule has 0 aromatic heterocycles. The first kappa shape index (κ1) is 10.9. The number of hydrogen-bond acceptors (Lipinski definition) is 3. The molecule has 3 nitrogen and oxygen atoms in total. The van der Waals surface area contributed by atoms with Crippen molar-refractivity contribution < 1.29 is 9.53 Å². The van der Waals surface area contributed by atoms with E-state index >= 15 is 0 Å². The molecule has 76 valence electrons. The summed E-state index contributed by atoms with van der Waals surface area (Å²) in [5.41, 5.74) is 0. The summed E-state index contributed by atoms with van der Waals surface area (Å²) in [5.74, 6) is 0.224. The van der Waals surface area contributed by atoms with Gasteiger partial charge in [-0.1, -0.05) is 12.8 Å². The highest BCUT2D eigenvalue weighted by Gasteiger charge is 2.14. The normalized spacial score (nSPS) is 17.6. The number of carbonyl (C=O) groups is 1. The molecule has 13 heavy (non-hydrogen) atoms. The monoisotopic (exact) mass is 203 g/mol. The van der Waals surface area contributed by atoms with E-state index in [2.05, 4.69) is 17.9 Å². The molecule has 0 radical (unpaired) electrons. The van der Waals surface area contributed by atoms with Crippen molar-refractivity contribution in [2.45, 2.75) is 31.8 Å². The molecule has 0 bridgehead atoms. The van der Waals surface area contributed by atoms with E-state index in [1.165, 1.54) is 25.7 Å². The smallest absolute Gasteiger partial charge is 0.229 e. The van der Waals surface area contributed by atoms with Crippen LogP contribution in [-0.2, 0) is 9.53 Å². The zero-order chi connectivity index (χ0) is 9.52. The van der Waals surface area contributed by atoms with Crippen molar-refractivity contribution in [2.75, 3.05) is 18.9 Å². The molecule has 1 fully saturated rings. The molecule has 1 aliphatic rings. The van der Waals surface area contributed by atoms with Crippen LogP contribution in [0, 0.1) is 0 Å². The summed E-state index contributed by atoms with van der Waals surface area (Å²) in [5, 5.41) is 2.72. The Kier molecular flexibility index (Phi) is 5.23. The minimum atomic E-state index is -0.0293. The van der Waals surface area contributed by atoms with Gasteiger partial charge in [0, 0.05) is 6.54 Å². The van der Waals surface area contributed by atoms with Gasteiger partial charge in [0.1, 0.15) is 0 Å². The van der Waals surface area contributed by atoms with Crippen LogP contribution in [0.3, 0.4) is 0 Å². The number of thiol groups is 1. The van der Waals surface area contributed by atoms with E-state index in [1.54, 1.807) is 0 Å². The van der Waals surface area contributed by atoms with Gasteiger partial charge < -0.3 is 10.1 Å². The summed E-state index contributed by atoms with van der Waals surface area (Å²) in [4.78, 5) is 10.8. The lowest BCUT2D eigenvalue weighted by Gasteiger charge is -2.10. The third-order valence-corrected chi connectivity index (χ3v) is 2.51. The lowest BCUT2D eigenvalue weighted by molar-refractivity contribution is -0.118. The number of carbonyl (C=O) groups excluding carboxylic acids is 1. The van der Waals surface area contributed by atoms with E-state index in [4.69, 9.17) is 4.74 Å². The Balaban J connectivity index is 1.91. The van der Waals surface area contributed by atoms with Gasteiger partial charge in [-0.05, 0) is 12.8 Å². The van der Waals surface area contributed by atoms with E-state index in [1.807, 2.05) is 0 Å². The van der Waals surface area contributed by atoms with Crippen molar-refractivity contribution in [1.29, 1.82) is 0 Å². The van der Waals surface area contributed by atoms with Crippen molar-refractivity contribution in [2.24, 2.45) is 0 Å². The van der Waals surface area contributed by atoms with Crippen LogP contribution in [0.5, 0.6) is 0 Å². The molecule has 0 aliphatic heterocycles. The van der Waals surface area contributed by atoms with Gasteiger partial charge in [0.05, 0.1) is 18.5 Å². The Morgan fingerprint density at radius 2 is 2.15 bits per heavy atom. The van der Waals surface area contributed by atoms with Crippen LogP contribution in [0.2, 0.25) is 0 Å². The van der Waals surface area contributed by atoms with E-state index in [-0.39, 0.29) is 11.7 Å². The van der Waals surface area contributed by atoms with Gasteiger partial charge in [0.2, 0.25) is 5.91 Å². The second-order valence-electron chi connectivity index (χ2n) is 3.29. The summed E-state index contributed by atoms with van der Waals surface area (Å²) in [6.07, 6.45) is 5.37. The topological polar surface area (TPSA) is 38.3 Å². The fourth-order valence-electron chi connectivity index (χ4n) is 1.53. The summed E-state index contributed by atoms with van der Waals surface area (Å²) in [7, 11) is 0. The zero-order valence-electron chi connectivity index (χ0n) is 7.79. The Morgan fingerprint density at radius 1 is 1.46 bits per heavy atom. The number of amides is 1. The van der Waals surface area contributed by atoms with E-state index in [0.717, 1.165) is 0 Å². The van der Waals surface area contributed by atoms with Crippen LogP contribution in [0.4, 0.5) is 0 Å². The predicted octanol–water partition coefficient (Wildman–Crippen LogP) is 0.992. The molecule has 0 spiro atoms. The predicted molar refractivity (Wildman–Crippen MR) is 55.1 cm³/mol. The molecule has 0 saturated heterocycles. The number of nitrogens with one attached hydrogen (secondary N) is 1. The molecule has 0 unspecified atom stereocenters. The van der Waals surface area contributed by atoms with Gasteiger partial charge in [-0.2, -0.15) is 12.6 Å². The molecule has 1 aliphatic carbocycles. The first-order valence-corrected chi connectivity index (χ1v) is 5.45. The quantitative estimate of drug-likeness (QED) is 0.516. The van der Waals surface area contributed by atoms with Crippen molar-refractivity contribution in [3.8, 4) is 0 Å². The maximum absolute atomic E-state index is 10.8. The molecule has 1 N–H and O–H groups in total. The van der Waals surface area contributed by atoms with Gasteiger partial charge in [-0.3, -0.25) is 4.79 Å². The summed E-state index contributed by atoms with van der Waals surface area (Å²) < 4.78 is 5.56. The highest BCUT2D eigenvalue weighted by Crippen LogP contribution is 2.20. The fraction of sp³-hybridized carbons (Fsp3) is 0.889. The molecule has 0 aromatic carbocycles. The first-order chi connectivity index (χ1) is 6.33. The second-order valence-corrected chi connectivity index (χ2v) is 3.60. The van der Waals surface area contributed by atoms with Crippen molar-refractivity contribution >= 4 is 18.5 Å². The van der Waals surface area contributed by atoms with Gasteiger partial charge in [-0.25, -0.2) is 0 Å². The van der Waals surface area contributed by atoms with Crippen LogP contribution >= 0.6 is 12.6 Å². The van der Waals surface area contributed by atoms with Crippen LogP contribution in [-0.4, -0.2) is 30.9 Å². The number of rotatable bonds is 5. The third kappa shape index (κ3) is 4.52. The van der Waals surface area contributed by atoms with Gasteiger partial charge in [0.25, 0.3) is 0 Å². The molecule has 1 amide bonds.